The van der Waals surface area contributed by atoms with Crippen molar-refractivity contribution in [3.05, 3.63) is 71.2 Å². The molecule has 2 rings (SSSR count). The number of carbonyl (C=O) groups excluding carboxylic acids is 1. The molecular formula is C19H19BrN2O3. The van der Waals surface area contributed by atoms with Crippen LogP contribution >= 0.6 is 15.9 Å². The Balaban J connectivity index is 1.89. The number of para-hydroxylation sites is 1. The van der Waals surface area contributed by atoms with Gasteiger partial charge in [-0.15, -0.1) is 0 Å². The number of hydrogen-bond donors (Lipinski definition) is 1. The third-order valence-electron chi connectivity index (χ3n) is 3.12. The van der Waals surface area contributed by atoms with Gasteiger partial charge in [0.1, 0.15) is 18.1 Å². The first kappa shape index (κ1) is 18.7. The molecule has 6 heteroatoms. The molecule has 1 N–H and O–H groups in total. The Labute approximate surface area is 155 Å². The quantitative estimate of drug-likeness (QED) is 0.413. The number of benzene rings is 2. The van der Waals surface area contributed by atoms with Gasteiger partial charge in [-0.05, 0) is 52.7 Å². The number of rotatable bonds is 8. The van der Waals surface area contributed by atoms with E-state index in [4.69, 9.17) is 9.47 Å². The zero-order valence-corrected chi connectivity index (χ0v) is 15.4. The summed E-state index contributed by atoms with van der Waals surface area (Å²) >= 11 is 3.38. The highest BCUT2D eigenvalue weighted by Crippen LogP contribution is 2.24. The van der Waals surface area contributed by atoms with E-state index in [2.05, 4.69) is 33.0 Å². The third kappa shape index (κ3) is 6.08. The minimum atomic E-state index is -0.682. The van der Waals surface area contributed by atoms with Crippen LogP contribution in [0, 0.1) is 0 Å². The molecule has 0 saturated carbocycles. The third-order valence-corrected chi connectivity index (χ3v) is 3.78. The van der Waals surface area contributed by atoms with Crippen molar-refractivity contribution in [2.75, 3.05) is 6.61 Å². The number of halogens is 1. The van der Waals surface area contributed by atoms with Crippen LogP contribution in [0.25, 0.3) is 0 Å². The molecule has 5 nitrogen and oxygen atoms in total. The van der Waals surface area contributed by atoms with Crippen LogP contribution in [0.3, 0.4) is 0 Å². The maximum Gasteiger partial charge on any atom is 0.280 e. The van der Waals surface area contributed by atoms with Crippen LogP contribution in [-0.4, -0.2) is 24.8 Å². The summed E-state index contributed by atoms with van der Waals surface area (Å²) < 4.78 is 11.8. The summed E-state index contributed by atoms with van der Waals surface area (Å²) in [6, 6.07) is 14.7. The fraction of sp³-hybridized carbons (Fsp3) is 0.158. The molecule has 0 bridgehead atoms. The normalized spacial score (nSPS) is 11.8. The number of ether oxygens (including phenoxy) is 2. The van der Waals surface area contributed by atoms with E-state index in [1.165, 1.54) is 0 Å². The van der Waals surface area contributed by atoms with Crippen LogP contribution in [0.4, 0.5) is 0 Å². The minimum Gasteiger partial charge on any atom is -0.490 e. The topological polar surface area (TPSA) is 59.9 Å². The highest BCUT2D eigenvalue weighted by atomic mass is 79.9. The Morgan fingerprint density at radius 2 is 2.12 bits per heavy atom. The molecule has 0 saturated heterocycles. The van der Waals surface area contributed by atoms with E-state index in [-0.39, 0.29) is 5.91 Å². The summed E-state index contributed by atoms with van der Waals surface area (Å²) in [6.07, 6.45) is 2.54. The molecule has 0 unspecified atom stereocenters. The molecule has 1 amide bonds. The molecule has 130 valence electrons. The Morgan fingerprint density at radius 1 is 1.32 bits per heavy atom. The molecule has 2 aromatic carbocycles. The lowest BCUT2D eigenvalue weighted by molar-refractivity contribution is -0.127. The van der Waals surface area contributed by atoms with Gasteiger partial charge in [0, 0.05) is 0 Å². The maximum atomic E-state index is 12.1. The molecule has 0 aliphatic rings. The van der Waals surface area contributed by atoms with Gasteiger partial charge in [0.2, 0.25) is 0 Å². The van der Waals surface area contributed by atoms with E-state index in [1.807, 2.05) is 42.5 Å². The minimum absolute atomic E-state index is 0.342. The van der Waals surface area contributed by atoms with Gasteiger partial charge in [0.05, 0.1) is 10.7 Å². The van der Waals surface area contributed by atoms with Gasteiger partial charge < -0.3 is 9.47 Å². The summed E-state index contributed by atoms with van der Waals surface area (Å²) in [5.74, 6) is 0.966. The molecule has 25 heavy (non-hydrogen) atoms. The van der Waals surface area contributed by atoms with Gasteiger partial charge in [-0.3, -0.25) is 4.79 Å². The Morgan fingerprint density at radius 3 is 2.88 bits per heavy atom. The number of hydrogen-bond acceptors (Lipinski definition) is 4. The summed E-state index contributed by atoms with van der Waals surface area (Å²) in [6.45, 7) is 5.70. The van der Waals surface area contributed by atoms with E-state index in [1.54, 1.807) is 25.3 Å². The summed E-state index contributed by atoms with van der Waals surface area (Å²) in [7, 11) is 0. The first-order valence-corrected chi connectivity index (χ1v) is 8.47. The average Bonchev–Trinajstić information content (AvgIpc) is 2.62. The number of nitrogens with zero attached hydrogens (tertiary/aromatic N) is 1. The highest BCUT2D eigenvalue weighted by Gasteiger charge is 2.15. The van der Waals surface area contributed by atoms with Crippen LogP contribution in [0.15, 0.2) is 70.8 Å². The molecular weight excluding hydrogens is 384 g/mol. The predicted molar refractivity (Wildman–Crippen MR) is 102 cm³/mol. The van der Waals surface area contributed by atoms with Crippen molar-refractivity contribution in [1.82, 2.24) is 5.43 Å². The smallest absolute Gasteiger partial charge is 0.280 e. The fourth-order valence-electron chi connectivity index (χ4n) is 1.89. The second-order valence-corrected chi connectivity index (χ2v) is 5.95. The second-order valence-electron chi connectivity index (χ2n) is 5.10. The molecule has 0 radical (unpaired) electrons. The van der Waals surface area contributed by atoms with Crippen molar-refractivity contribution >= 4 is 28.1 Å². The van der Waals surface area contributed by atoms with Crippen molar-refractivity contribution < 1.29 is 14.3 Å². The molecule has 0 aliphatic heterocycles. The van der Waals surface area contributed by atoms with Crippen molar-refractivity contribution in [2.24, 2.45) is 5.10 Å². The largest absolute Gasteiger partial charge is 0.490 e. The van der Waals surface area contributed by atoms with Crippen molar-refractivity contribution in [3.8, 4) is 11.5 Å². The van der Waals surface area contributed by atoms with E-state index >= 15 is 0 Å². The van der Waals surface area contributed by atoms with Crippen LogP contribution in [0.2, 0.25) is 0 Å². The number of hydrazone groups is 1. The molecule has 0 aliphatic carbocycles. The van der Waals surface area contributed by atoms with Gasteiger partial charge in [-0.1, -0.05) is 36.9 Å². The summed E-state index contributed by atoms with van der Waals surface area (Å²) in [5.41, 5.74) is 3.27. The number of carbonyl (C=O) groups is 1. The molecule has 0 aromatic heterocycles. The van der Waals surface area contributed by atoms with E-state index < -0.39 is 6.10 Å². The standard InChI is InChI=1S/C19H19BrN2O3/c1-3-11-24-16-8-6-7-15(12-16)13-21-22-19(23)14(2)25-18-10-5-4-9-17(18)20/h3-10,12-14H,1,11H2,2H3,(H,22,23)/b21-13-/t14-/m1/s1. The second kappa shape index (κ2) is 9.64. The van der Waals surface area contributed by atoms with Gasteiger partial charge in [-0.2, -0.15) is 5.10 Å². The first-order valence-electron chi connectivity index (χ1n) is 7.68. The zero-order valence-electron chi connectivity index (χ0n) is 13.8. The maximum absolute atomic E-state index is 12.1. The lowest BCUT2D eigenvalue weighted by Gasteiger charge is -2.13. The lowest BCUT2D eigenvalue weighted by atomic mass is 10.2. The fourth-order valence-corrected chi connectivity index (χ4v) is 2.26. The van der Waals surface area contributed by atoms with Crippen LogP contribution < -0.4 is 14.9 Å². The van der Waals surface area contributed by atoms with Crippen molar-refractivity contribution in [1.29, 1.82) is 0 Å². The van der Waals surface area contributed by atoms with E-state index in [9.17, 15) is 4.79 Å². The monoisotopic (exact) mass is 402 g/mol. The Kier molecular flexibility index (Phi) is 7.22. The van der Waals surface area contributed by atoms with Crippen molar-refractivity contribution in [3.63, 3.8) is 0 Å². The van der Waals surface area contributed by atoms with Gasteiger partial charge >= 0.3 is 0 Å². The van der Waals surface area contributed by atoms with Crippen molar-refractivity contribution in [2.45, 2.75) is 13.0 Å². The molecule has 1 atom stereocenters. The molecule has 0 spiro atoms. The van der Waals surface area contributed by atoms with Gasteiger partial charge in [-0.25, -0.2) is 5.43 Å². The molecule has 2 aromatic rings. The first-order chi connectivity index (χ1) is 12.1. The molecule has 0 heterocycles. The van der Waals surface area contributed by atoms with E-state index in [0.717, 1.165) is 10.0 Å². The summed E-state index contributed by atoms with van der Waals surface area (Å²) in [4.78, 5) is 12.1. The van der Waals surface area contributed by atoms with Crippen LogP contribution in [-0.2, 0) is 4.79 Å². The molecule has 0 fully saturated rings. The number of amides is 1. The zero-order chi connectivity index (χ0) is 18.1. The van der Waals surface area contributed by atoms with Gasteiger partial charge in [0.25, 0.3) is 5.91 Å². The van der Waals surface area contributed by atoms with Gasteiger partial charge in [0.15, 0.2) is 6.10 Å². The Hall–Kier alpha value is -2.60. The van der Waals surface area contributed by atoms with Crippen LogP contribution in [0.1, 0.15) is 12.5 Å². The Bertz CT molecular complexity index is 762. The number of nitrogens with one attached hydrogen (secondary N) is 1. The average molecular weight is 403 g/mol. The lowest BCUT2D eigenvalue weighted by Crippen LogP contribution is -2.33. The summed E-state index contributed by atoms with van der Waals surface area (Å²) in [5, 5.41) is 3.96. The van der Waals surface area contributed by atoms with E-state index in [0.29, 0.717) is 18.1 Å². The van der Waals surface area contributed by atoms with Crippen LogP contribution in [0.5, 0.6) is 11.5 Å². The predicted octanol–water partition coefficient (Wildman–Crippen LogP) is 3.93. The SMILES string of the molecule is C=CCOc1cccc(/C=N\NC(=O)[C@@H](C)Oc2ccccc2Br)c1. The highest BCUT2D eigenvalue weighted by molar-refractivity contribution is 9.10.